The van der Waals surface area contributed by atoms with Crippen LogP contribution in [0.2, 0.25) is 5.02 Å². The number of halogens is 1. The molecule has 9 nitrogen and oxygen atoms in total. The third-order valence-electron chi connectivity index (χ3n) is 5.67. The van der Waals surface area contributed by atoms with Crippen molar-refractivity contribution in [1.82, 2.24) is 5.32 Å². The summed E-state index contributed by atoms with van der Waals surface area (Å²) in [5, 5.41) is 5.92. The van der Waals surface area contributed by atoms with E-state index in [1.54, 1.807) is 55.6 Å². The third kappa shape index (κ3) is 6.04. The molecule has 0 bridgehead atoms. The van der Waals surface area contributed by atoms with Gasteiger partial charge < -0.3 is 20.1 Å². The second-order valence-corrected chi connectivity index (χ2v) is 10.5. The van der Waals surface area contributed by atoms with Crippen LogP contribution in [0, 0.1) is 0 Å². The Kier molecular flexibility index (Phi) is 8.32. The largest absolute Gasteiger partial charge is 0.476 e. The molecule has 2 N–H and O–H groups in total. The number of carbonyl (C=O) groups excluding carboxylic acids is 2. The second kappa shape index (κ2) is 11.6. The van der Waals surface area contributed by atoms with Gasteiger partial charge >= 0.3 is 0 Å². The molecule has 1 aliphatic heterocycles. The number of rotatable bonds is 9. The Labute approximate surface area is 220 Å². The summed E-state index contributed by atoms with van der Waals surface area (Å²) in [5.41, 5.74) is 0.874. The van der Waals surface area contributed by atoms with E-state index >= 15 is 0 Å². The van der Waals surface area contributed by atoms with E-state index in [0.717, 1.165) is 4.31 Å². The molecule has 0 unspecified atom stereocenters. The fourth-order valence-corrected chi connectivity index (χ4v) is 5.42. The lowest BCUT2D eigenvalue weighted by Crippen LogP contribution is -2.49. The summed E-state index contributed by atoms with van der Waals surface area (Å²) in [6.45, 7) is 0.656. The van der Waals surface area contributed by atoms with E-state index in [0.29, 0.717) is 30.3 Å². The van der Waals surface area contributed by atoms with Gasteiger partial charge in [-0.25, -0.2) is 8.42 Å². The van der Waals surface area contributed by atoms with Crippen molar-refractivity contribution >= 4 is 44.8 Å². The number of amides is 2. The number of nitrogens with one attached hydrogen (secondary N) is 2. The number of anilines is 2. The fourth-order valence-electron chi connectivity index (χ4n) is 3.82. The molecular weight excluding hydrogens is 518 g/mol. The summed E-state index contributed by atoms with van der Waals surface area (Å²) < 4.78 is 39.0. The average Bonchev–Trinajstić information content (AvgIpc) is 2.91. The zero-order valence-electron chi connectivity index (χ0n) is 20.0. The van der Waals surface area contributed by atoms with E-state index in [9.17, 15) is 18.0 Å². The lowest BCUT2D eigenvalue weighted by molar-refractivity contribution is -0.122. The van der Waals surface area contributed by atoms with Gasteiger partial charge in [0.2, 0.25) is 0 Å². The van der Waals surface area contributed by atoms with Crippen LogP contribution in [0.5, 0.6) is 5.75 Å². The maximum atomic E-state index is 13.5. The first-order chi connectivity index (χ1) is 17.8. The summed E-state index contributed by atoms with van der Waals surface area (Å²) in [6, 6.07) is 18.9. The summed E-state index contributed by atoms with van der Waals surface area (Å²) >= 11 is 5.93. The van der Waals surface area contributed by atoms with Gasteiger partial charge in [0.1, 0.15) is 5.75 Å². The molecule has 0 saturated carbocycles. The molecule has 1 aliphatic rings. The first-order valence-electron chi connectivity index (χ1n) is 11.5. The van der Waals surface area contributed by atoms with Crippen LogP contribution in [0.15, 0.2) is 77.7 Å². The van der Waals surface area contributed by atoms with Crippen molar-refractivity contribution in [2.75, 3.05) is 36.4 Å². The molecule has 0 aliphatic carbocycles. The molecule has 1 atom stereocenters. The van der Waals surface area contributed by atoms with Crippen molar-refractivity contribution < 1.29 is 27.5 Å². The Bertz CT molecular complexity index is 1380. The normalized spacial score (nSPS) is 14.9. The summed E-state index contributed by atoms with van der Waals surface area (Å²) in [7, 11) is -2.44. The predicted octanol–water partition coefficient (Wildman–Crippen LogP) is 3.70. The van der Waals surface area contributed by atoms with Gasteiger partial charge in [-0.2, -0.15) is 0 Å². The number of sulfonamides is 1. The van der Waals surface area contributed by atoms with Gasteiger partial charge in [0, 0.05) is 25.3 Å². The highest BCUT2D eigenvalue weighted by atomic mass is 35.5. The molecule has 3 aromatic rings. The number of hydrogen-bond acceptors (Lipinski definition) is 6. The standard InChI is InChI=1S/C26H26ClN3O6S/c1-35-16-6-15-28-25(31)20-7-2-3-8-21(20)29-26(32)24-17-30(22-9-4-5-10-23(22)36-24)37(33,34)19-13-11-18(27)12-14-19/h2-5,7-14,24H,6,15-17H2,1H3,(H,28,31)(H,29,32)/t24-/m0/s1. The van der Waals surface area contributed by atoms with Crippen molar-refractivity contribution in [3.8, 4) is 5.75 Å². The van der Waals surface area contributed by atoms with E-state index < -0.39 is 22.0 Å². The Morgan fingerprint density at radius 1 is 1.05 bits per heavy atom. The van der Waals surface area contributed by atoms with Crippen molar-refractivity contribution in [1.29, 1.82) is 0 Å². The van der Waals surface area contributed by atoms with E-state index in [2.05, 4.69) is 10.6 Å². The maximum absolute atomic E-state index is 13.5. The lowest BCUT2D eigenvalue weighted by atomic mass is 10.1. The van der Waals surface area contributed by atoms with Gasteiger partial charge in [0.05, 0.1) is 28.4 Å². The molecule has 0 spiro atoms. The molecule has 0 aromatic heterocycles. The number of ether oxygens (including phenoxy) is 2. The topological polar surface area (TPSA) is 114 Å². The summed E-state index contributed by atoms with van der Waals surface area (Å²) in [5.74, 6) is -0.699. The third-order valence-corrected chi connectivity index (χ3v) is 7.72. The number of benzene rings is 3. The van der Waals surface area contributed by atoms with Crippen LogP contribution in [0.4, 0.5) is 11.4 Å². The molecule has 0 fully saturated rings. The lowest BCUT2D eigenvalue weighted by Gasteiger charge is -2.34. The predicted molar refractivity (Wildman–Crippen MR) is 141 cm³/mol. The van der Waals surface area contributed by atoms with Gasteiger partial charge in [-0.05, 0) is 55.0 Å². The zero-order chi connectivity index (χ0) is 26.4. The number of nitrogens with zero attached hydrogens (tertiary/aromatic N) is 1. The van der Waals surface area contributed by atoms with Crippen LogP contribution >= 0.6 is 11.6 Å². The van der Waals surface area contributed by atoms with Gasteiger partial charge in [-0.1, -0.05) is 35.9 Å². The Morgan fingerprint density at radius 3 is 2.51 bits per heavy atom. The van der Waals surface area contributed by atoms with Crippen molar-refractivity contribution in [3.05, 3.63) is 83.4 Å². The number of para-hydroxylation sites is 3. The fraction of sp³-hybridized carbons (Fsp3) is 0.231. The Balaban J connectivity index is 1.57. The van der Waals surface area contributed by atoms with Gasteiger partial charge in [-0.3, -0.25) is 13.9 Å². The average molecular weight is 544 g/mol. The number of fused-ring (bicyclic) bond motifs is 1. The molecule has 2 amide bonds. The van der Waals surface area contributed by atoms with Crippen LogP contribution in [-0.4, -0.2) is 53.1 Å². The second-order valence-electron chi connectivity index (χ2n) is 8.20. The first-order valence-corrected chi connectivity index (χ1v) is 13.3. The molecule has 37 heavy (non-hydrogen) atoms. The Hall–Kier alpha value is -3.60. The minimum absolute atomic E-state index is 0.0308. The quantitative estimate of drug-likeness (QED) is 0.398. The molecule has 0 radical (unpaired) electrons. The molecule has 0 saturated heterocycles. The number of hydrogen-bond donors (Lipinski definition) is 2. The molecule has 3 aromatic carbocycles. The van der Waals surface area contributed by atoms with E-state index in [-0.39, 0.29) is 34.3 Å². The first kappa shape index (κ1) is 26.5. The molecule has 194 valence electrons. The summed E-state index contributed by atoms with van der Waals surface area (Å²) in [6.07, 6.45) is -0.529. The van der Waals surface area contributed by atoms with E-state index in [1.165, 1.54) is 24.3 Å². The molecule has 11 heteroatoms. The van der Waals surface area contributed by atoms with Crippen LogP contribution in [0.3, 0.4) is 0 Å². The van der Waals surface area contributed by atoms with Gasteiger partial charge in [0.15, 0.2) is 6.10 Å². The SMILES string of the molecule is COCCCNC(=O)c1ccccc1NC(=O)[C@@H]1CN(S(=O)(=O)c2ccc(Cl)cc2)c2ccccc2O1. The molecule has 1 heterocycles. The smallest absolute Gasteiger partial charge is 0.267 e. The van der Waals surface area contributed by atoms with Crippen LogP contribution in [0.1, 0.15) is 16.8 Å². The number of carbonyl (C=O) groups is 2. The van der Waals surface area contributed by atoms with E-state index in [4.69, 9.17) is 21.1 Å². The van der Waals surface area contributed by atoms with Crippen molar-refractivity contribution in [2.45, 2.75) is 17.4 Å². The van der Waals surface area contributed by atoms with Crippen LogP contribution in [0.25, 0.3) is 0 Å². The summed E-state index contributed by atoms with van der Waals surface area (Å²) in [4.78, 5) is 26.0. The molecular formula is C26H26ClN3O6S. The van der Waals surface area contributed by atoms with E-state index in [1.807, 2.05) is 0 Å². The Morgan fingerprint density at radius 2 is 1.76 bits per heavy atom. The van der Waals surface area contributed by atoms with Crippen LogP contribution < -0.4 is 19.7 Å². The minimum atomic E-state index is -4.03. The maximum Gasteiger partial charge on any atom is 0.267 e. The minimum Gasteiger partial charge on any atom is -0.476 e. The number of methoxy groups -OCH3 is 1. The van der Waals surface area contributed by atoms with Crippen molar-refractivity contribution in [3.63, 3.8) is 0 Å². The monoisotopic (exact) mass is 543 g/mol. The zero-order valence-corrected chi connectivity index (χ0v) is 21.6. The van der Waals surface area contributed by atoms with Gasteiger partial charge in [0.25, 0.3) is 21.8 Å². The van der Waals surface area contributed by atoms with Gasteiger partial charge in [-0.15, -0.1) is 0 Å². The highest BCUT2D eigenvalue weighted by Crippen LogP contribution is 2.37. The highest BCUT2D eigenvalue weighted by Gasteiger charge is 2.37. The highest BCUT2D eigenvalue weighted by molar-refractivity contribution is 7.92. The van der Waals surface area contributed by atoms with Crippen LogP contribution in [-0.2, 0) is 19.6 Å². The molecule has 4 rings (SSSR count). The van der Waals surface area contributed by atoms with Crippen molar-refractivity contribution in [2.24, 2.45) is 0 Å².